The van der Waals surface area contributed by atoms with E-state index in [1.807, 2.05) is 78.9 Å². The highest BCUT2D eigenvalue weighted by atomic mass is 35.5. The molecule has 3 aromatic carbocycles. The van der Waals surface area contributed by atoms with Gasteiger partial charge in [0.1, 0.15) is 6.04 Å². The lowest BCUT2D eigenvalue weighted by Gasteiger charge is -2.36. The molecule has 1 atom stereocenters. The van der Waals surface area contributed by atoms with Gasteiger partial charge in [-0.2, -0.15) is 0 Å². The van der Waals surface area contributed by atoms with Crippen LogP contribution in [0.3, 0.4) is 0 Å². The normalized spacial score (nSPS) is 16.4. The molecule has 1 unspecified atom stereocenters. The number of hydrogen-bond donors (Lipinski definition) is 1. The fourth-order valence-electron chi connectivity index (χ4n) is 4.03. The van der Waals surface area contributed by atoms with Crippen molar-refractivity contribution in [3.05, 3.63) is 107 Å². The molecule has 2 amide bonds. The van der Waals surface area contributed by atoms with E-state index < -0.39 is 6.04 Å². The quantitative estimate of drug-likeness (QED) is 0.660. The van der Waals surface area contributed by atoms with Crippen molar-refractivity contribution in [2.75, 3.05) is 13.1 Å². The molecule has 1 aliphatic heterocycles. The SMILES string of the molecule is O=C1NCCN(C(=O)CC(c2ccccc2)c2ccccc2)C1c1ccccc1Cl. The maximum atomic E-state index is 13.5. The molecule has 1 fully saturated rings. The minimum Gasteiger partial charge on any atom is -0.352 e. The Kier molecular flexibility index (Phi) is 6.15. The van der Waals surface area contributed by atoms with Gasteiger partial charge in [-0.05, 0) is 17.2 Å². The molecule has 0 saturated carbocycles. The first-order valence-corrected chi connectivity index (χ1v) is 10.4. The number of piperazine rings is 1. The predicted octanol–water partition coefficient (Wildman–Crippen LogP) is 4.56. The number of amides is 2. The summed E-state index contributed by atoms with van der Waals surface area (Å²) in [6, 6.07) is 26.5. The Morgan fingerprint density at radius 3 is 2.10 bits per heavy atom. The van der Waals surface area contributed by atoms with Crippen molar-refractivity contribution < 1.29 is 9.59 Å². The van der Waals surface area contributed by atoms with Crippen LogP contribution in [0.5, 0.6) is 0 Å². The van der Waals surface area contributed by atoms with Crippen molar-refractivity contribution in [2.24, 2.45) is 0 Å². The first kappa shape index (κ1) is 20.2. The summed E-state index contributed by atoms with van der Waals surface area (Å²) in [5.41, 5.74) is 2.81. The fourth-order valence-corrected chi connectivity index (χ4v) is 4.27. The van der Waals surface area contributed by atoms with E-state index in [0.29, 0.717) is 23.7 Å². The van der Waals surface area contributed by atoms with E-state index in [9.17, 15) is 9.59 Å². The van der Waals surface area contributed by atoms with Crippen molar-refractivity contribution in [1.82, 2.24) is 10.2 Å². The molecule has 1 aliphatic rings. The van der Waals surface area contributed by atoms with E-state index in [4.69, 9.17) is 11.6 Å². The second-order valence-corrected chi connectivity index (χ2v) is 7.79. The summed E-state index contributed by atoms with van der Waals surface area (Å²) in [5, 5.41) is 3.35. The van der Waals surface area contributed by atoms with Crippen LogP contribution in [0.25, 0.3) is 0 Å². The van der Waals surface area contributed by atoms with Gasteiger partial charge in [0, 0.05) is 36.0 Å². The summed E-state index contributed by atoms with van der Waals surface area (Å²) in [4.78, 5) is 27.9. The number of carbonyl (C=O) groups is 2. The Hall–Kier alpha value is -3.11. The Bertz CT molecular complexity index is 984. The predicted molar refractivity (Wildman–Crippen MR) is 118 cm³/mol. The molecule has 0 bridgehead atoms. The summed E-state index contributed by atoms with van der Waals surface area (Å²) in [6.07, 6.45) is 0.280. The maximum Gasteiger partial charge on any atom is 0.247 e. The standard InChI is InChI=1S/C25H23ClN2O2/c26-22-14-8-7-13-20(22)24-25(30)27-15-16-28(24)23(29)17-21(18-9-3-1-4-10-18)19-11-5-2-6-12-19/h1-14,21,24H,15-17H2,(H,27,30). The fraction of sp³-hybridized carbons (Fsp3) is 0.200. The molecule has 0 aliphatic carbocycles. The Labute approximate surface area is 181 Å². The molecule has 3 aromatic rings. The number of halogens is 1. The number of nitrogens with zero attached hydrogens (tertiary/aromatic N) is 1. The first-order valence-electron chi connectivity index (χ1n) is 10.1. The molecule has 4 rings (SSSR count). The molecule has 1 heterocycles. The smallest absolute Gasteiger partial charge is 0.247 e. The summed E-state index contributed by atoms with van der Waals surface area (Å²) >= 11 is 6.37. The minimum atomic E-state index is -0.716. The molecule has 4 nitrogen and oxygen atoms in total. The van der Waals surface area contributed by atoms with Crippen LogP contribution in [0.15, 0.2) is 84.9 Å². The van der Waals surface area contributed by atoms with Gasteiger partial charge in [-0.25, -0.2) is 0 Å². The topological polar surface area (TPSA) is 49.4 Å². The number of nitrogens with one attached hydrogen (secondary N) is 1. The molecule has 0 spiro atoms. The van der Waals surface area contributed by atoms with Crippen LogP contribution < -0.4 is 5.32 Å². The maximum absolute atomic E-state index is 13.5. The number of carbonyl (C=O) groups excluding carboxylic acids is 2. The lowest BCUT2D eigenvalue weighted by Crippen LogP contribution is -2.52. The highest BCUT2D eigenvalue weighted by Crippen LogP contribution is 2.33. The zero-order chi connectivity index (χ0) is 20.9. The minimum absolute atomic E-state index is 0.0625. The van der Waals surface area contributed by atoms with Gasteiger partial charge in [0.25, 0.3) is 0 Å². The molecular weight excluding hydrogens is 396 g/mol. The molecule has 0 aromatic heterocycles. The number of benzene rings is 3. The van der Waals surface area contributed by atoms with Gasteiger partial charge in [-0.15, -0.1) is 0 Å². The van der Waals surface area contributed by atoms with E-state index in [1.54, 1.807) is 11.0 Å². The molecule has 5 heteroatoms. The third-order valence-corrected chi connectivity index (χ3v) is 5.86. The average Bonchev–Trinajstić information content (AvgIpc) is 2.79. The summed E-state index contributed by atoms with van der Waals surface area (Å²) in [6.45, 7) is 0.892. The van der Waals surface area contributed by atoms with Crippen LogP contribution in [0.1, 0.15) is 35.1 Å². The van der Waals surface area contributed by atoms with Crippen LogP contribution in [-0.2, 0) is 9.59 Å². The van der Waals surface area contributed by atoms with Gasteiger partial charge in [0.15, 0.2) is 0 Å². The van der Waals surface area contributed by atoms with Gasteiger partial charge < -0.3 is 10.2 Å². The van der Waals surface area contributed by atoms with E-state index in [1.165, 1.54) is 0 Å². The second-order valence-electron chi connectivity index (χ2n) is 7.38. The van der Waals surface area contributed by atoms with Crippen molar-refractivity contribution in [3.8, 4) is 0 Å². The average molecular weight is 419 g/mol. The van der Waals surface area contributed by atoms with E-state index in [0.717, 1.165) is 11.1 Å². The first-order chi connectivity index (χ1) is 14.6. The van der Waals surface area contributed by atoms with Crippen molar-refractivity contribution in [1.29, 1.82) is 0 Å². The zero-order valence-electron chi connectivity index (χ0n) is 16.5. The van der Waals surface area contributed by atoms with Crippen molar-refractivity contribution >= 4 is 23.4 Å². The van der Waals surface area contributed by atoms with Crippen molar-refractivity contribution in [3.63, 3.8) is 0 Å². The van der Waals surface area contributed by atoms with Crippen LogP contribution in [0.2, 0.25) is 5.02 Å². The Balaban J connectivity index is 1.66. The highest BCUT2D eigenvalue weighted by molar-refractivity contribution is 6.31. The van der Waals surface area contributed by atoms with Gasteiger partial charge in [-0.1, -0.05) is 90.5 Å². The lowest BCUT2D eigenvalue weighted by atomic mass is 9.87. The van der Waals surface area contributed by atoms with Gasteiger partial charge in [0.2, 0.25) is 11.8 Å². The van der Waals surface area contributed by atoms with Gasteiger partial charge in [0.05, 0.1) is 0 Å². The van der Waals surface area contributed by atoms with Crippen molar-refractivity contribution in [2.45, 2.75) is 18.4 Å². The van der Waals surface area contributed by atoms with Crippen LogP contribution in [0.4, 0.5) is 0 Å². The lowest BCUT2D eigenvalue weighted by molar-refractivity contribution is -0.143. The molecule has 30 heavy (non-hydrogen) atoms. The van der Waals surface area contributed by atoms with Crippen LogP contribution >= 0.6 is 11.6 Å². The van der Waals surface area contributed by atoms with Crippen LogP contribution in [0, 0.1) is 0 Å². The Morgan fingerprint density at radius 2 is 1.50 bits per heavy atom. The summed E-state index contributed by atoms with van der Waals surface area (Å²) < 4.78 is 0. The van der Waals surface area contributed by atoms with E-state index in [2.05, 4.69) is 5.32 Å². The molecule has 0 radical (unpaired) electrons. The third kappa shape index (κ3) is 4.24. The van der Waals surface area contributed by atoms with E-state index >= 15 is 0 Å². The highest BCUT2D eigenvalue weighted by Gasteiger charge is 2.36. The summed E-state index contributed by atoms with van der Waals surface area (Å²) in [5.74, 6) is -0.345. The van der Waals surface area contributed by atoms with Gasteiger partial charge in [-0.3, -0.25) is 9.59 Å². The van der Waals surface area contributed by atoms with E-state index in [-0.39, 0.29) is 24.2 Å². The third-order valence-electron chi connectivity index (χ3n) is 5.51. The van der Waals surface area contributed by atoms with Gasteiger partial charge >= 0.3 is 0 Å². The zero-order valence-corrected chi connectivity index (χ0v) is 17.3. The second kappa shape index (κ2) is 9.14. The summed E-state index contributed by atoms with van der Waals surface area (Å²) in [7, 11) is 0. The molecule has 1 N–H and O–H groups in total. The monoisotopic (exact) mass is 418 g/mol. The number of hydrogen-bond acceptors (Lipinski definition) is 2. The number of rotatable bonds is 5. The van der Waals surface area contributed by atoms with Crippen LogP contribution in [-0.4, -0.2) is 29.8 Å². The Morgan fingerprint density at radius 1 is 0.933 bits per heavy atom. The molecule has 1 saturated heterocycles. The molecular formula is C25H23ClN2O2. The largest absolute Gasteiger partial charge is 0.352 e. The molecule has 152 valence electrons.